The largest absolute Gasteiger partial charge is 0.462 e. The van der Waals surface area contributed by atoms with Gasteiger partial charge in [-0.25, -0.2) is 0 Å². The van der Waals surface area contributed by atoms with E-state index in [2.05, 4.69) is 69.4 Å². The molecule has 0 radical (unpaired) electrons. The van der Waals surface area contributed by atoms with Crippen LogP contribution in [0.1, 0.15) is 239 Å². The second-order valence-electron chi connectivity index (χ2n) is 17.5. The lowest BCUT2D eigenvalue weighted by Crippen LogP contribution is -2.30. The van der Waals surface area contributed by atoms with Crippen LogP contribution >= 0.6 is 0 Å². The van der Waals surface area contributed by atoms with E-state index in [4.69, 9.17) is 14.2 Å². The minimum atomic E-state index is -0.808. The third-order valence-electron chi connectivity index (χ3n) is 11.2. The van der Waals surface area contributed by atoms with E-state index in [-0.39, 0.29) is 37.5 Å². The molecule has 0 aromatic rings. The van der Waals surface area contributed by atoms with E-state index in [1.165, 1.54) is 96.3 Å². The highest BCUT2D eigenvalue weighted by atomic mass is 16.6. The van der Waals surface area contributed by atoms with Crippen LogP contribution in [0.5, 0.6) is 0 Å². The normalized spacial score (nSPS) is 12.8. The third-order valence-corrected chi connectivity index (χ3v) is 11.2. The fraction of sp³-hybridized carbons (Fsp3) is 0.678. The van der Waals surface area contributed by atoms with Crippen LogP contribution in [0.15, 0.2) is 97.2 Å². The summed E-state index contributed by atoms with van der Waals surface area (Å²) in [6, 6.07) is 0. The van der Waals surface area contributed by atoms with Gasteiger partial charge in [0.1, 0.15) is 13.2 Å². The average Bonchev–Trinajstić information content (AvgIpc) is 3.30. The van der Waals surface area contributed by atoms with E-state index in [1.54, 1.807) is 0 Å². The number of esters is 3. The molecule has 1 atom stereocenters. The van der Waals surface area contributed by atoms with E-state index >= 15 is 0 Å². The highest BCUT2D eigenvalue weighted by molar-refractivity contribution is 5.71. The monoisotopic (exact) mass is 903 g/mol. The van der Waals surface area contributed by atoms with Gasteiger partial charge in [0, 0.05) is 19.3 Å². The number of carbonyl (C=O) groups is 3. The number of unbranched alkanes of at least 4 members (excludes halogenated alkanes) is 24. The summed E-state index contributed by atoms with van der Waals surface area (Å²) in [5.74, 6) is -0.966. The zero-order chi connectivity index (χ0) is 47.2. The Labute approximate surface area is 400 Å². The predicted molar refractivity (Wildman–Crippen MR) is 279 cm³/mol. The Bertz CT molecular complexity index is 1310. The van der Waals surface area contributed by atoms with Crippen LogP contribution in [0.3, 0.4) is 0 Å². The molecule has 0 aromatic heterocycles. The van der Waals surface area contributed by atoms with Crippen molar-refractivity contribution in [3.05, 3.63) is 97.2 Å². The molecule has 0 fully saturated rings. The van der Waals surface area contributed by atoms with Gasteiger partial charge in [0.25, 0.3) is 0 Å². The molecule has 0 aliphatic carbocycles. The highest BCUT2D eigenvalue weighted by Crippen LogP contribution is 2.15. The van der Waals surface area contributed by atoms with Gasteiger partial charge < -0.3 is 14.2 Å². The van der Waals surface area contributed by atoms with Crippen molar-refractivity contribution in [3.63, 3.8) is 0 Å². The average molecular weight is 903 g/mol. The molecule has 0 bridgehead atoms. The first kappa shape index (κ1) is 61.3. The molecule has 0 N–H and O–H groups in total. The van der Waals surface area contributed by atoms with E-state index < -0.39 is 6.10 Å². The summed E-state index contributed by atoms with van der Waals surface area (Å²) in [7, 11) is 0. The van der Waals surface area contributed by atoms with Gasteiger partial charge in [0.05, 0.1) is 0 Å². The Hall–Kier alpha value is -3.67. The Morgan fingerprint density at radius 1 is 0.338 bits per heavy atom. The lowest BCUT2D eigenvalue weighted by Gasteiger charge is -2.18. The lowest BCUT2D eigenvalue weighted by atomic mass is 10.0. The third kappa shape index (κ3) is 51.2. The Kier molecular flexibility index (Phi) is 50.0. The van der Waals surface area contributed by atoms with E-state index in [0.717, 1.165) is 96.3 Å². The van der Waals surface area contributed by atoms with Crippen LogP contribution < -0.4 is 0 Å². The van der Waals surface area contributed by atoms with Crippen molar-refractivity contribution in [3.8, 4) is 0 Å². The molecule has 1 unspecified atom stereocenters. The first-order valence-electron chi connectivity index (χ1n) is 26.8. The summed E-state index contributed by atoms with van der Waals surface area (Å²) < 4.78 is 16.8. The van der Waals surface area contributed by atoms with Crippen molar-refractivity contribution in [1.82, 2.24) is 0 Å². The van der Waals surface area contributed by atoms with Crippen LogP contribution in [0.2, 0.25) is 0 Å². The zero-order valence-corrected chi connectivity index (χ0v) is 42.2. The van der Waals surface area contributed by atoms with Crippen LogP contribution in [-0.4, -0.2) is 37.2 Å². The standard InChI is InChI=1S/C59H98O6/c1-4-7-10-13-16-19-22-25-28-29-30-32-34-37-40-43-46-49-52-58(61)64-55-56(54-63-57(60)51-48-45-42-39-36-33-27-24-21-18-15-12-9-6-3)65-59(62)53-50-47-44-41-38-35-31-26-23-20-17-14-11-8-5-2/h8-9,11-12,14,17-18,20-21,23,26-27,31,33,35,38,56H,4-7,10,13,15-16,19,22,24-25,28-30,32,34,36-37,39-55H2,1-3H3/b11-8-,12-9-,17-14-,21-18-,23-20-,31-26-,33-27-,38-35-. The molecule has 0 rings (SSSR count). The molecule has 0 aromatic carbocycles. The Morgan fingerprint density at radius 3 is 1.14 bits per heavy atom. The first-order valence-corrected chi connectivity index (χ1v) is 26.8. The van der Waals surface area contributed by atoms with E-state index in [9.17, 15) is 14.4 Å². The Morgan fingerprint density at radius 2 is 0.677 bits per heavy atom. The summed E-state index contributed by atoms with van der Waals surface area (Å²) in [6.07, 6.45) is 69.7. The minimum Gasteiger partial charge on any atom is -0.462 e. The molecule has 6 heteroatoms. The smallest absolute Gasteiger partial charge is 0.306 e. The van der Waals surface area contributed by atoms with Crippen molar-refractivity contribution in [2.24, 2.45) is 0 Å². The second-order valence-corrected chi connectivity index (χ2v) is 17.5. The lowest BCUT2D eigenvalue weighted by molar-refractivity contribution is -0.167. The molecule has 0 saturated heterocycles. The molecule has 6 nitrogen and oxygen atoms in total. The zero-order valence-electron chi connectivity index (χ0n) is 42.2. The summed E-state index contributed by atoms with van der Waals surface area (Å²) in [5, 5.41) is 0. The second kappa shape index (κ2) is 52.9. The molecule has 370 valence electrons. The van der Waals surface area contributed by atoms with Crippen molar-refractivity contribution < 1.29 is 28.6 Å². The van der Waals surface area contributed by atoms with Gasteiger partial charge in [-0.3, -0.25) is 14.4 Å². The molecule has 0 spiro atoms. The van der Waals surface area contributed by atoms with E-state index in [1.807, 2.05) is 48.6 Å². The SMILES string of the molecule is CC\C=C/C=C\C=C/C=C\C=C/CCCCCC(=O)OC(COC(=O)CCCCCC/C=C\C/C=C\C/C=C\CC)COC(=O)CCCCCCCCCCCCCCCCCCCC. The summed E-state index contributed by atoms with van der Waals surface area (Å²) in [5.41, 5.74) is 0. The summed E-state index contributed by atoms with van der Waals surface area (Å²) >= 11 is 0. The first-order chi connectivity index (χ1) is 32.0. The van der Waals surface area contributed by atoms with Crippen molar-refractivity contribution >= 4 is 17.9 Å². The number of allylic oxidation sites excluding steroid dienone is 16. The maximum absolute atomic E-state index is 12.8. The van der Waals surface area contributed by atoms with E-state index in [0.29, 0.717) is 19.3 Å². The minimum absolute atomic E-state index is 0.101. The molecular weight excluding hydrogens is 805 g/mol. The van der Waals surface area contributed by atoms with Crippen LogP contribution in [-0.2, 0) is 28.6 Å². The highest BCUT2D eigenvalue weighted by Gasteiger charge is 2.19. The number of rotatable bonds is 47. The number of hydrogen-bond donors (Lipinski definition) is 0. The van der Waals surface area contributed by atoms with Crippen molar-refractivity contribution in [2.45, 2.75) is 245 Å². The molecule has 0 amide bonds. The van der Waals surface area contributed by atoms with Gasteiger partial charge in [0.2, 0.25) is 0 Å². The fourth-order valence-corrected chi connectivity index (χ4v) is 7.24. The van der Waals surface area contributed by atoms with Gasteiger partial charge in [-0.05, 0) is 70.6 Å². The fourth-order valence-electron chi connectivity index (χ4n) is 7.24. The molecule has 65 heavy (non-hydrogen) atoms. The van der Waals surface area contributed by atoms with Gasteiger partial charge in [-0.1, -0.05) is 246 Å². The summed E-state index contributed by atoms with van der Waals surface area (Å²) in [6.45, 7) is 6.33. The van der Waals surface area contributed by atoms with Gasteiger partial charge in [0.15, 0.2) is 6.10 Å². The maximum atomic E-state index is 12.8. The van der Waals surface area contributed by atoms with Crippen LogP contribution in [0, 0.1) is 0 Å². The number of ether oxygens (including phenoxy) is 3. The topological polar surface area (TPSA) is 78.9 Å². The quantitative estimate of drug-likeness (QED) is 0.0199. The molecular formula is C59H98O6. The number of hydrogen-bond acceptors (Lipinski definition) is 6. The van der Waals surface area contributed by atoms with Crippen LogP contribution in [0.25, 0.3) is 0 Å². The number of carbonyl (C=O) groups excluding carboxylic acids is 3. The summed E-state index contributed by atoms with van der Waals surface area (Å²) in [4.78, 5) is 38.0. The van der Waals surface area contributed by atoms with Gasteiger partial charge >= 0.3 is 17.9 Å². The van der Waals surface area contributed by atoms with Crippen molar-refractivity contribution in [2.75, 3.05) is 13.2 Å². The molecule has 0 aliphatic heterocycles. The molecule has 0 heterocycles. The van der Waals surface area contributed by atoms with Gasteiger partial charge in [-0.2, -0.15) is 0 Å². The maximum Gasteiger partial charge on any atom is 0.306 e. The molecule has 0 saturated carbocycles. The predicted octanol–water partition coefficient (Wildman–Crippen LogP) is 17.8. The van der Waals surface area contributed by atoms with Gasteiger partial charge in [-0.15, -0.1) is 0 Å². The van der Waals surface area contributed by atoms with Crippen molar-refractivity contribution in [1.29, 1.82) is 0 Å². The molecule has 0 aliphatic rings. The van der Waals surface area contributed by atoms with Crippen LogP contribution in [0.4, 0.5) is 0 Å². The Balaban J connectivity index is 4.46.